The van der Waals surface area contributed by atoms with E-state index < -0.39 is 11.9 Å². The van der Waals surface area contributed by atoms with Crippen LogP contribution < -0.4 is 9.47 Å². The Morgan fingerprint density at radius 2 is 1.26 bits per heavy atom. The number of hydrogen-bond donors (Lipinski definition) is 0. The number of hydrogen-bond acceptors (Lipinski definition) is 10. The van der Waals surface area contributed by atoms with E-state index in [-0.39, 0.29) is 42.7 Å². The molecule has 0 heterocycles. The second-order valence-electron chi connectivity index (χ2n) is 9.50. The highest BCUT2D eigenvalue weighted by molar-refractivity contribution is 5.81. The summed E-state index contributed by atoms with van der Waals surface area (Å²) in [4.78, 5) is 47.4. The fraction of sp³-hybridized carbons (Fsp3) is 0.394. The van der Waals surface area contributed by atoms with Gasteiger partial charge in [0.25, 0.3) is 0 Å². The summed E-state index contributed by atoms with van der Waals surface area (Å²) in [6, 6.07) is 6.69. The fourth-order valence-corrected chi connectivity index (χ4v) is 3.98. The summed E-state index contributed by atoms with van der Waals surface area (Å²) in [5.74, 6) is -0.581. The van der Waals surface area contributed by atoms with Crippen molar-refractivity contribution in [1.29, 1.82) is 0 Å². The molecular weight excluding hydrogens is 556 g/mol. The standard InChI is InChI=1S/C33H40O10/c1-5-27(38-20-8-22-40-30(34)6-2)15-10-24(4)42-32(36)25-11-13-26(14-12-25)33(37)43-29-18-16-28(17-19-29)39-21-9-23-41-31(35)7-3/h5-7,10,15-19,25-26H,2-4,8-9,11-14,20-23H2,1H3. The molecule has 10 nitrogen and oxygen atoms in total. The molecule has 0 atom stereocenters. The van der Waals surface area contributed by atoms with E-state index >= 15 is 0 Å². The normalized spacial score (nSPS) is 16.4. The topological polar surface area (TPSA) is 124 Å². The molecule has 0 saturated heterocycles. The maximum Gasteiger partial charge on any atom is 0.330 e. The highest BCUT2D eigenvalue weighted by atomic mass is 16.5. The first kappa shape index (κ1) is 34.6. The Bertz CT molecular complexity index is 1170. The molecule has 2 rings (SSSR count). The van der Waals surface area contributed by atoms with E-state index in [0.29, 0.717) is 69.0 Å². The van der Waals surface area contributed by atoms with Crippen molar-refractivity contribution in [3.63, 3.8) is 0 Å². The molecule has 0 amide bonds. The minimum Gasteiger partial charge on any atom is -0.494 e. The molecule has 0 spiro atoms. The third-order valence-corrected chi connectivity index (χ3v) is 6.32. The van der Waals surface area contributed by atoms with Crippen LogP contribution in [0.4, 0.5) is 0 Å². The molecule has 0 aliphatic heterocycles. The van der Waals surface area contributed by atoms with E-state index in [9.17, 15) is 19.2 Å². The third-order valence-electron chi connectivity index (χ3n) is 6.32. The van der Waals surface area contributed by atoms with Crippen molar-refractivity contribution in [3.8, 4) is 11.5 Å². The van der Waals surface area contributed by atoms with Crippen LogP contribution in [0.1, 0.15) is 45.4 Å². The molecule has 43 heavy (non-hydrogen) atoms. The predicted molar refractivity (Wildman–Crippen MR) is 159 cm³/mol. The molecule has 1 aromatic carbocycles. The van der Waals surface area contributed by atoms with Gasteiger partial charge in [-0.25, -0.2) is 9.59 Å². The summed E-state index contributed by atoms with van der Waals surface area (Å²) in [5, 5.41) is 0. The van der Waals surface area contributed by atoms with Crippen molar-refractivity contribution < 1.29 is 47.6 Å². The predicted octanol–water partition coefficient (Wildman–Crippen LogP) is 5.55. The molecule has 1 aliphatic carbocycles. The van der Waals surface area contributed by atoms with Gasteiger partial charge in [0.15, 0.2) is 0 Å². The second kappa shape index (κ2) is 19.5. The maximum atomic E-state index is 12.7. The highest BCUT2D eigenvalue weighted by Crippen LogP contribution is 2.31. The number of allylic oxidation sites excluding steroid dienone is 3. The Kier molecular flexibility index (Phi) is 15.7. The van der Waals surface area contributed by atoms with Gasteiger partial charge >= 0.3 is 23.9 Å². The van der Waals surface area contributed by atoms with Crippen molar-refractivity contribution in [1.82, 2.24) is 0 Å². The highest BCUT2D eigenvalue weighted by Gasteiger charge is 2.32. The van der Waals surface area contributed by atoms with Crippen LogP contribution in [0.2, 0.25) is 0 Å². The van der Waals surface area contributed by atoms with E-state index in [4.69, 9.17) is 28.4 Å². The van der Waals surface area contributed by atoms with Crippen LogP contribution in [0.5, 0.6) is 11.5 Å². The number of carbonyl (C=O) groups is 4. The fourth-order valence-electron chi connectivity index (χ4n) is 3.98. The molecule has 10 heteroatoms. The van der Waals surface area contributed by atoms with Gasteiger partial charge in [-0.05, 0) is 75.1 Å². The van der Waals surface area contributed by atoms with Crippen LogP contribution in [0.15, 0.2) is 85.9 Å². The van der Waals surface area contributed by atoms with Crippen LogP contribution in [-0.4, -0.2) is 50.3 Å². The molecule has 0 N–H and O–H groups in total. The first-order valence-electron chi connectivity index (χ1n) is 14.2. The lowest BCUT2D eigenvalue weighted by molar-refractivity contribution is -0.148. The van der Waals surface area contributed by atoms with Crippen molar-refractivity contribution in [2.24, 2.45) is 11.8 Å². The molecule has 0 unspecified atom stereocenters. The molecule has 1 aromatic rings. The van der Waals surface area contributed by atoms with Crippen molar-refractivity contribution >= 4 is 23.9 Å². The summed E-state index contributed by atoms with van der Waals surface area (Å²) in [6.07, 6.45) is 10.2. The average molecular weight is 597 g/mol. The first-order chi connectivity index (χ1) is 20.7. The van der Waals surface area contributed by atoms with Gasteiger partial charge in [-0.3, -0.25) is 9.59 Å². The first-order valence-corrected chi connectivity index (χ1v) is 14.2. The zero-order chi connectivity index (χ0) is 31.5. The summed E-state index contributed by atoms with van der Waals surface area (Å²) in [5.41, 5.74) is 0. The van der Waals surface area contributed by atoms with E-state index in [1.807, 2.05) is 0 Å². The van der Waals surface area contributed by atoms with Crippen LogP contribution in [0.25, 0.3) is 0 Å². The zero-order valence-corrected chi connectivity index (χ0v) is 24.6. The minimum absolute atomic E-state index is 0.179. The van der Waals surface area contributed by atoms with Gasteiger partial charge in [0.2, 0.25) is 0 Å². The molecule has 0 radical (unpaired) electrons. The molecule has 0 bridgehead atoms. The minimum atomic E-state index is -0.480. The lowest BCUT2D eigenvalue weighted by atomic mass is 9.82. The van der Waals surface area contributed by atoms with Crippen molar-refractivity contribution in [3.05, 3.63) is 85.9 Å². The van der Waals surface area contributed by atoms with E-state index in [0.717, 1.165) is 12.2 Å². The van der Waals surface area contributed by atoms with Gasteiger partial charge in [-0.1, -0.05) is 19.7 Å². The lowest BCUT2D eigenvalue weighted by Gasteiger charge is -2.25. The van der Waals surface area contributed by atoms with Crippen LogP contribution in [0, 0.1) is 11.8 Å². The van der Waals surface area contributed by atoms with Crippen molar-refractivity contribution in [2.45, 2.75) is 45.4 Å². The molecular formula is C33H40O10. The molecule has 1 fully saturated rings. The van der Waals surface area contributed by atoms with Gasteiger partial charge in [0, 0.05) is 25.0 Å². The van der Waals surface area contributed by atoms with Crippen LogP contribution in [0.3, 0.4) is 0 Å². The van der Waals surface area contributed by atoms with Gasteiger partial charge in [-0.2, -0.15) is 0 Å². The second-order valence-corrected chi connectivity index (χ2v) is 9.50. The van der Waals surface area contributed by atoms with Crippen LogP contribution in [-0.2, 0) is 38.1 Å². The monoisotopic (exact) mass is 596 g/mol. The molecule has 1 saturated carbocycles. The Balaban J connectivity index is 1.67. The van der Waals surface area contributed by atoms with Gasteiger partial charge in [-0.15, -0.1) is 0 Å². The summed E-state index contributed by atoms with van der Waals surface area (Å²) in [7, 11) is 0. The molecule has 1 aliphatic rings. The number of ether oxygens (including phenoxy) is 6. The lowest BCUT2D eigenvalue weighted by Crippen LogP contribution is -2.29. The number of esters is 4. The maximum absolute atomic E-state index is 12.7. The number of rotatable bonds is 18. The molecule has 0 aromatic heterocycles. The average Bonchev–Trinajstić information content (AvgIpc) is 3.02. The van der Waals surface area contributed by atoms with E-state index in [2.05, 4.69) is 19.7 Å². The number of carbonyl (C=O) groups excluding carboxylic acids is 4. The van der Waals surface area contributed by atoms with Crippen LogP contribution >= 0.6 is 0 Å². The van der Waals surface area contributed by atoms with Gasteiger partial charge in [0.05, 0.1) is 38.3 Å². The summed E-state index contributed by atoms with van der Waals surface area (Å²) in [6.45, 7) is 13.4. The van der Waals surface area contributed by atoms with E-state index in [1.54, 1.807) is 49.4 Å². The Morgan fingerprint density at radius 1 is 0.744 bits per heavy atom. The van der Waals surface area contributed by atoms with Gasteiger partial charge < -0.3 is 28.4 Å². The van der Waals surface area contributed by atoms with Gasteiger partial charge in [0.1, 0.15) is 23.0 Å². The zero-order valence-electron chi connectivity index (χ0n) is 24.6. The smallest absolute Gasteiger partial charge is 0.330 e. The Hall–Kier alpha value is -4.60. The summed E-state index contributed by atoms with van der Waals surface area (Å²) < 4.78 is 31.9. The SMILES string of the molecule is C=CC(=O)OCCCOC(C=CC(=C)OC(=O)C1CCC(C(=O)Oc2ccc(OCCCOC(=O)C=C)cc2)CC1)=CC. The van der Waals surface area contributed by atoms with E-state index in [1.165, 1.54) is 0 Å². The third kappa shape index (κ3) is 13.7. The Morgan fingerprint density at radius 3 is 1.81 bits per heavy atom. The molecule has 232 valence electrons. The number of benzene rings is 1. The Labute approximate surface area is 252 Å². The quantitative estimate of drug-likeness (QED) is 0.0405. The van der Waals surface area contributed by atoms with Crippen molar-refractivity contribution in [2.75, 3.05) is 26.4 Å². The summed E-state index contributed by atoms with van der Waals surface area (Å²) >= 11 is 0. The largest absolute Gasteiger partial charge is 0.494 e.